The van der Waals surface area contributed by atoms with Gasteiger partial charge in [0.2, 0.25) is 5.95 Å². The lowest BCUT2D eigenvalue weighted by atomic mass is 9.91. The zero-order valence-corrected chi connectivity index (χ0v) is 32.5. The van der Waals surface area contributed by atoms with Crippen molar-refractivity contribution in [2.75, 3.05) is 62.6 Å². The number of aliphatic hydroxyl groups excluding tert-OH is 2. The molecule has 1 amide bonds. The summed E-state index contributed by atoms with van der Waals surface area (Å²) in [6.45, 7) is 3.27. The van der Waals surface area contributed by atoms with Gasteiger partial charge in [-0.25, -0.2) is 14.6 Å². The normalized spacial score (nSPS) is 22.4. The maximum Gasteiger partial charge on any atom is 0.490 e. The smallest absolute Gasteiger partial charge is 0.456 e. The maximum absolute atomic E-state index is 12.8. The molecule has 15 nitrogen and oxygen atoms in total. The van der Waals surface area contributed by atoms with Gasteiger partial charge in [0.1, 0.15) is 31.5 Å². The fourth-order valence-corrected chi connectivity index (χ4v) is 7.99. The monoisotopic (exact) mass is 830 g/mol. The van der Waals surface area contributed by atoms with Crippen molar-refractivity contribution in [3.8, 4) is 0 Å². The van der Waals surface area contributed by atoms with Gasteiger partial charge in [-0.15, -0.1) is 0 Å². The molecule has 0 aliphatic carbocycles. The average Bonchev–Trinajstić information content (AvgIpc) is 4.01. The number of amides is 1. The molecule has 5 atom stereocenters. The van der Waals surface area contributed by atoms with E-state index in [0.717, 1.165) is 23.1 Å². The largest absolute Gasteiger partial charge is 0.490 e. The number of nitrogens with one attached hydrogen (secondary N) is 1. The number of hydrogen-bond donors (Lipinski definition) is 3. The van der Waals surface area contributed by atoms with Crippen LogP contribution in [0.2, 0.25) is 0 Å². The Morgan fingerprint density at radius 1 is 0.850 bits per heavy atom. The molecule has 5 aromatic rings. The Balaban J connectivity index is 1.02. The molecule has 18 heteroatoms. The van der Waals surface area contributed by atoms with Crippen LogP contribution in [-0.4, -0.2) is 135 Å². The Labute approximate surface area is 343 Å². The van der Waals surface area contributed by atoms with Crippen LogP contribution < -0.4 is 10.2 Å². The molecule has 3 fully saturated rings. The van der Waals surface area contributed by atoms with Crippen LogP contribution in [0.4, 0.5) is 29.7 Å². The van der Waals surface area contributed by atoms with E-state index >= 15 is 0 Å². The fraction of sp³-hybridized carbons (Fsp3) is 0.405. The number of aromatic nitrogens is 4. The van der Waals surface area contributed by atoms with Gasteiger partial charge < -0.3 is 39.5 Å². The van der Waals surface area contributed by atoms with Gasteiger partial charge in [-0.1, -0.05) is 91.0 Å². The minimum Gasteiger partial charge on any atom is -0.456 e. The molecular formula is C42H45F3N8O7. The summed E-state index contributed by atoms with van der Waals surface area (Å²) in [6, 6.07) is 29.7. The molecule has 3 N–H and O–H groups in total. The SMILES string of the molecule is O=C(OCc1ccccc1)N1CCN(C2CCN(c3nc(NCC(c4ccccc4)c4ccccc4)c4ncn([C@@H]5O[C@H](COC(=O)C(F)(F)F)[C@@H](O)[C@H]5O)c4n3)C2)CC1. The molecule has 0 saturated carbocycles. The number of piperazine rings is 1. The number of hydrogen-bond acceptors (Lipinski definition) is 13. The Kier molecular flexibility index (Phi) is 12.1. The second-order valence-corrected chi connectivity index (χ2v) is 15.0. The van der Waals surface area contributed by atoms with Crippen LogP contribution in [0.15, 0.2) is 97.3 Å². The Bertz CT molecular complexity index is 2190. The molecule has 316 valence electrons. The van der Waals surface area contributed by atoms with E-state index in [1.54, 1.807) is 4.90 Å². The third kappa shape index (κ3) is 9.01. The molecule has 1 unspecified atom stereocenters. The number of nitrogens with zero attached hydrogens (tertiary/aromatic N) is 7. The molecule has 3 aromatic carbocycles. The number of alkyl halides is 3. The number of benzene rings is 3. The molecule has 5 heterocycles. The van der Waals surface area contributed by atoms with Crippen LogP contribution in [0.1, 0.15) is 35.3 Å². The molecule has 0 radical (unpaired) electrons. The van der Waals surface area contributed by atoms with Crippen molar-refractivity contribution in [2.45, 2.75) is 55.7 Å². The molecule has 0 spiro atoms. The van der Waals surface area contributed by atoms with Crippen LogP contribution >= 0.6 is 0 Å². The van der Waals surface area contributed by atoms with Gasteiger partial charge in [-0.05, 0) is 23.1 Å². The number of rotatable bonds is 12. The van der Waals surface area contributed by atoms with Crippen LogP contribution in [0.3, 0.4) is 0 Å². The summed E-state index contributed by atoms with van der Waals surface area (Å²) in [7, 11) is 0. The van der Waals surface area contributed by atoms with E-state index in [9.17, 15) is 33.0 Å². The lowest BCUT2D eigenvalue weighted by molar-refractivity contribution is -0.203. The summed E-state index contributed by atoms with van der Waals surface area (Å²) in [5.74, 6) is -1.74. The number of carbonyl (C=O) groups is 2. The predicted molar refractivity (Wildman–Crippen MR) is 212 cm³/mol. The molecule has 3 aliphatic heterocycles. The zero-order chi connectivity index (χ0) is 41.8. The number of ether oxygens (including phenoxy) is 3. The van der Waals surface area contributed by atoms with E-state index in [1.807, 2.05) is 66.7 Å². The number of fused-ring (bicyclic) bond motifs is 1. The summed E-state index contributed by atoms with van der Waals surface area (Å²) in [5, 5.41) is 25.4. The van der Waals surface area contributed by atoms with Crippen molar-refractivity contribution >= 4 is 35.0 Å². The Morgan fingerprint density at radius 3 is 2.15 bits per heavy atom. The van der Waals surface area contributed by atoms with E-state index in [2.05, 4.69) is 49.1 Å². The van der Waals surface area contributed by atoms with Crippen molar-refractivity contribution in [3.05, 3.63) is 114 Å². The van der Waals surface area contributed by atoms with E-state index in [4.69, 9.17) is 19.4 Å². The van der Waals surface area contributed by atoms with Crippen molar-refractivity contribution in [3.63, 3.8) is 0 Å². The number of carbonyl (C=O) groups excluding carboxylic acids is 2. The standard InChI is InChI=1S/C42H45F3N8O7/c43-42(44,45)39(56)58-25-32-34(54)35(55)38(60-32)53-26-47-33-36(46-22-31(28-12-6-2-7-13-28)29-14-8-3-9-15-29)48-40(49-37(33)53)52-17-16-30(23-52)50-18-20-51(21-19-50)41(57)59-24-27-10-4-1-5-11-27/h1-15,26,30-32,34-35,38,54-55H,16-25H2,(H,46,48,49)/t30?,32-,34-,35-,38-/m1/s1. The van der Waals surface area contributed by atoms with Crippen molar-refractivity contribution in [1.29, 1.82) is 0 Å². The summed E-state index contributed by atoms with van der Waals surface area (Å²) < 4.78 is 55.7. The van der Waals surface area contributed by atoms with Crippen molar-refractivity contribution < 1.29 is 47.2 Å². The van der Waals surface area contributed by atoms with E-state index < -0.39 is 43.3 Å². The molecule has 2 aromatic heterocycles. The number of esters is 1. The summed E-state index contributed by atoms with van der Waals surface area (Å²) in [6.07, 6.45) is -9.52. The number of imidazole rings is 1. The molecule has 0 bridgehead atoms. The Morgan fingerprint density at radius 2 is 1.50 bits per heavy atom. The van der Waals surface area contributed by atoms with Crippen molar-refractivity contribution in [1.82, 2.24) is 29.3 Å². The molecule has 60 heavy (non-hydrogen) atoms. The molecule has 3 aliphatic rings. The van der Waals surface area contributed by atoms with Crippen LogP contribution in [0.5, 0.6) is 0 Å². The number of anilines is 2. The zero-order valence-electron chi connectivity index (χ0n) is 32.5. The van der Waals surface area contributed by atoms with Gasteiger partial charge in [-0.3, -0.25) is 9.47 Å². The highest BCUT2D eigenvalue weighted by Crippen LogP contribution is 2.35. The molecular weight excluding hydrogens is 786 g/mol. The summed E-state index contributed by atoms with van der Waals surface area (Å²) >= 11 is 0. The lowest BCUT2D eigenvalue weighted by Gasteiger charge is -2.37. The predicted octanol–water partition coefficient (Wildman–Crippen LogP) is 4.33. The van der Waals surface area contributed by atoms with E-state index in [0.29, 0.717) is 63.1 Å². The van der Waals surface area contributed by atoms with E-state index in [-0.39, 0.29) is 30.3 Å². The summed E-state index contributed by atoms with van der Waals surface area (Å²) in [5.41, 5.74) is 3.65. The number of halogens is 3. The van der Waals surface area contributed by atoms with Gasteiger partial charge in [0.25, 0.3) is 0 Å². The van der Waals surface area contributed by atoms with Gasteiger partial charge >= 0.3 is 18.2 Å². The van der Waals surface area contributed by atoms with Crippen molar-refractivity contribution in [2.24, 2.45) is 0 Å². The topological polar surface area (TPSA) is 168 Å². The fourth-order valence-electron chi connectivity index (χ4n) is 7.99. The highest BCUT2D eigenvalue weighted by molar-refractivity contribution is 5.84. The first-order valence-corrected chi connectivity index (χ1v) is 19.8. The van der Waals surface area contributed by atoms with E-state index in [1.165, 1.54) is 10.9 Å². The maximum atomic E-state index is 12.8. The third-order valence-corrected chi connectivity index (χ3v) is 11.2. The lowest BCUT2D eigenvalue weighted by Crippen LogP contribution is -2.52. The van der Waals surface area contributed by atoms with Gasteiger partial charge in [0.05, 0.1) is 6.33 Å². The quantitative estimate of drug-likeness (QED) is 0.152. The highest BCUT2D eigenvalue weighted by Gasteiger charge is 2.47. The third-order valence-electron chi connectivity index (χ3n) is 11.2. The Hall–Kier alpha value is -5.82. The average molecular weight is 831 g/mol. The van der Waals surface area contributed by atoms with Crippen LogP contribution in [0, 0.1) is 0 Å². The molecule has 3 saturated heterocycles. The molecule has 8 rings (SSSR count). The summed E-state index contributed by atoms with van der Waals surface area (Å²) in [4.78, 5) is 44.8. The first kappa shape index (κ1) is 40.9. The first-order chi connectivity index (χ1) is 29.0. The van der Waals surface area contributed by atoms with Crippen LogP contribution in [0.25, 0.3) is 11.2 Å². The number of aliphatic hydroxyl groups is 2. The second-order valence-electron chi connectivity index (χ2n) is 15.0. The van der Waals surface area contributed by atoms with Crippen LogP contribution in [-0.2, 0) is 25.6 Å². The minimum absolute atomic E-state index is 0.0799. The first-order valence-electron chi connectivity index (χ1n) is 19.8. The van der Waals surface area contributed by atoms with Gasteiger partial charge in [-0.2, -0.15) is 23.1 Å². The van der Waals surface area contributed by atoms with Gasteiger partial charge in [0.15, 0.2) is 23.2 Å². The van der Waals surface area contributed by atoms with Gasteiger partial charge in [0, 0.05) is 57.8 Å². The second kappa shape index (κ2) is 17.8. The highest BCUT2D eigenvalue weighted by atomic mass is 19.4. The minimum atomic E-state index is -5.24.